The Morgan fingerprint density at radius 2 is 2.12 bits per heavy atom. The van der Waals surface area contributed by atoms with Gasteiger partial charge in [-0.1, -0.05) is 19.9 Å². The molecule has 0 radical (unpaired) electrons. The van der Waals surface area contributed by atoms with E-state index in [0.29, 0.717) is 5.41 Å². The van der Waals surface area contributed by atoms with Crippen LogP contribution in [0, 0.1) is 11.3 Å². The van der Waals surface area contributed by atoms with E-state index in [4.69, 9.17) is 0 Å². The highest BCUT2D eigenvalue weighted by Crippen LogP contribution is 2.37. The van der Waals surface area contributed by atoms with Gasteiger partial charge in [0.05, 0.1) is 0 Å². The van der Waals surface area contributed by atoms with Crippen LogP contribution in [0.1, 0.15) is 45.1 Å². The highest BCUT2D eigenvalue weighted by atomic mass is 14.9. The van der Waals surface area contributed by atoms with Crippen molar-refractivity contribution in [3.8, 4) is 0 Å². The van der Waals surface area contributed by atoms with Crippen molar-refractivity contribution in [1.82, 2.24) is 10.3 Å². The maximum Gasteiger partial charge on any atom is 0.0312 e. The minimum absolute atomic E-state index is 0.583. The van der Waals surface area contributed by atoms with Gasteiger partial charge < -0.3 is 5.32 Å². The summed E-state index contributed by atoms with van der Waals surface area (Å²) < 4.78 is 0. The molecule has 94 valence electrons. The molecule has 0 saturated heterocycles. The van der Waals surface area contributed by atoms with Crippen molar-refractivity contribution in [1.29, 1.82) is 0 Å². The fourth-order valence-corrected chi connectivity index (χ4v) is 2.59. The third kappa shape index (κ3) is 4.12. The van der Waals surface area contributed by atoms with Gasteiger partial charge in [-0.2, -0.15) is 0 Å². The highest BCUT2D eigenvalue weighted by Gasteiger charge is 2.26. The summed E-state index contributed by atoms with van der Waals surface area (Å²) in [5, 5.41) is 3.56. The molecule has 0 atom stereocenters. The number of hydrogen-bond donors (Lipinski definition) is 1. The molecule has 1 heterocycles. The molecule has 2 heteroatoms. The summed E-state index contributed by atoms with van der Waals surface area (Å²) in [6.07, 6.45) is 9.29. The van der Waals surface area contributed by atoms with Gasteiger partial charge in [-0.15, -0.1) is 0 Å². The summed E-state index contributed by atoms with van der Waals surface area (Å²) >= 11 is 0. The molecule has 0 amide bonds. The molecule has 1 aromatic heterocycles. The number of aromatic nitrogens is 1. The number of nitrogens with one attached hydrogen (secondary N) is 1. The van der Waals surface area contributed by atoms with Crippen molar-refractivity contribution in [3.63, 3.8) is 0 Å². The standard InChI is InChI=1S/C15H24N2/c1-15(2)7-5-13(6-8-15)10-17-12-14-4-3-9-16-11-14/h3-4,9,11,13,17H,5-8,10,12H2,1-2H3. The minimum Gasteiger partial charge on any atom is -0.312 e. The summed E-state index contributed by atoms with van der Waals surface area (Å²) in [6, 6.07) is 4.13. The Morgan fingerprint density at radius 3 is 2.76 bits per heavy atom. The van der Waals surface area contributed by atoms with Gasteiger partial charge in [-0.05, 0) is 55.2 Å². The highest BCUT2D eigenvalue weighted by molar-refractivity contribution is 5.07. The van der Waals surface area contributed by atoms with Gasteiger partial charge in [0.1, 0.15) is 0 Å². The Hall–Kier alpha value is -0.890. The predicted octanol–water partition coefficient (Wildman–Crippen LogP) is 3.39. The lowest BCUT2D eigenvalue weighted by Gasteiger charge is -2.34. The summed E-state index contributed by atoms with van der Waals surface area (Å²) in [5.74, 6) is 0.875. The van der Waals surface area contributed by atoms with E-state index >= 15 is 0 Å². The summed E-state index contributed by atoms with van der Waals surface area (Å²) in [5.41, 5.74) is 1.86. The van der Waals surface area contributed by atoms with E-state index in [0.717, 1.165) is 19.0 Å². The van der Waals surface area contributed by atoms with E-state index < -0.39 is 0 Å². The Balaban J connectivity index is 1.67. The fraction of sp³-hybridized carbons (Fsp3) is 0.667. The molecule has 1 aliphatic carbocycles. The Kier molecular flexibility index (Phi) is 4.16. The average molecular weight is 232 g/mol. The van der Waals surface area contributed by atoms with Gasteiger partial charge in [0.2, 0.25) is 0 Å². The zero-order chi connectivity index (χ0) is 12.1. The fourth-order valence-electron chi connectivity index (χ4n) is 2.59. The van der Waals surface area contributed by atoms with Crippen LogP contribution < -0.4 is 5.32 Å². The lowest BCUT2D eigenvalue weighted by molar-refractivity contribution is 0.188. The molecule has 1 saturated carbocycles. The van der Waals surface area contributed by atoms with Crippen LogP contribution in [0.3, 0.4) is 0 Å². The van der Waals surface area contributed by atoms with Crippen LogP contribution in [0.5, 0.6) is 0 Å². The van der Waals surface area contributed by atoms with E-state index in [9.17, 15) is 0 Å². The monoisotopic (exact) mass is 232 g/mol. The van der Waals surface area contributed by atoms with Gasteiger partial charge in [-0.25, -0.2) is 0 Å². The zero-order valence-electron chi connectivity index (χ0n) is 11.1. The second kappa shape index (κ2) is 5.63. The van der Waals surface area contributed by atoms with E-state index in [2.05, 4.69) is 30.2 Å². The zero-order valence-corrected chi connectivity index (χ0v) is 11.1. The molecule has 0 bridgehead atoms. The second-order valence-electron chi connectivity index (χ2n) is 6.10. The molecular weight excluding hydrogens is 208 g/mol. The van der Waals surface area contributed by atoms with Gasteiger partial charge in [0.15, 0.2) is 0 Å². The first kappa shape index (κ1) is 12.6. The van der Waals surface area contributed by atoms with Crippen LogP contribution in [0.2, 0.25) is 0 Å². The third-order valence-electron chi connectivity index (χ3n) is 3.94. The normalized spacial score (nSPS) is 20.4. The third-order valence-corrected chi connectivity index (χ3v) is 3.94. The molecule has 2 rings (SSSR count). The molecule has 0 aromatic carbocycles. The lowest BCUT2D eigenvalue weighted by atomic mass is 9.73. The van der Waals surface area contributed by atoms with Crippen molar-refractivity contribution < 1.29 is 0 Å². The quantitative estimate of drug-likeness (QED) is 0.860. The molecule has 0 unspecified atom stereocenters. The van der Waals surface area contributed by atoms with Gasteiger partial charge in [-0.3, -0.25) is 4.98 Å². The minimum atomic E-state index is 0.583. The first-order valence-corrected chi connectivity index (χ1v) is 6.75. The van der Waals surface area contributed by atoms with Crippen LogP contribution in [0.25, 0.3) is 0 Å². The van der Waals surface area contributed by atoms with E-state index in [-0.39, 0.29) is 0 Å². The van der Waals surface area contributed by atoms with Crippen molar-refractivity contribution in [2.24, 2.45) is 11.3 Å². The summed E-state index contributed by atoms with van der Waals surface area (Å²) in [6.45, 7) is 6.90. The predicted molar refractivity (Wildman–Crippen MR) is 71.7 cm³/mol. The number of hydrogen-bond acceptors (Lipinski definition) is 2. The van der Waals surface area contributed by atoms with Crippen molar-refractivity contribution in [2.75, 3.05) is 6.54 Å². The molecule has 1 N–H and O–H groups in total. The maximum atomic E-state index is 4.13. The molecular formula is C15H24N2. The van der Waals surface area contributed by atoms with Gasteiger partial charge in [0, 0.05) is 18.9 Å². The molecule has 2 nitrogen and oxygen atoms in total. The molecule has 1 aromatic rings. The van der Waals surface area contributed by atoms with Crippen LogP contribution in [0.4, 0.5) is 0 Å². The van der Waals surface area contributed by atoms with E-state index in [1.54, 1.807) is 0 Å². The van der Waals surface area contributed by atoms with Gasteiger partial charge >= 0.3 is 0 Å². The van der Waals surface area contributed by atoms with Crippen molar-refractivity contribution >= 4 is 0 Å². The molecule has 17 heavy (non-hydrogen) atoms. The number of rotatable bonds is 4. The topological polar surface area (TPSA) is 24.9 Å². The van der Waals surface area contributed by atoms with Crippen LogP contribution >= 0.6 is 0 Å². The summed E-state index contributed by atoms with van der Waals surface area (Å²) in [4.78, 5) is 4.13. The van der Waals surface area contributed by atoms with Crippen molar-refractivity contribution in [3.05, 3.63) is 30.1 Å². The Labute approximate surface area is 105 Å². The number of pyridine rings is 1. The Morgan fingerprint density at radius 1 is 1.35 bits per heavy atom. The molecule has 0 spiro atoms. The first-order valence-electron chi connectivity index (χ1n) is 6.75. The van der Waals surface area contributed by atoms with Crippen LogP contribution in [-0.4, -0.2) is 11.5 Å². The largest absolute Gasteiger partial charge is 0.312 e. The Bertz CT molecular complexity index is 322. The second-order valence-corrected chi connectivity index (χ2v) is 6.10. The average Bonchev–Trinajstić information content (AvgIpc) is 2.33. The van der Waals surface area contributed by atoms with E-state index in [1.807, 2.05) is 18.5 Å². The lowest BCUT2D eigenvalue weighted by Crippen LogP contribution is -2.28. The van der Waals surface area contributed by atoms with Crippen molar-refractivity contribution in [2.45, 2.75) is 46.1 Å². The molecule has 0 aliphatic heterocycles. The SMILES string of the molecule is CC1(C)CCC(CNCc2cccnc2)CC1. The van der Waals surface area contributed by atoms with Crippen LogP contribution in [0.15, 0.2) is 24.5 Å². The van der Waals surface area contributed by atoms with Crippen LogP contribution in [-0.2, 0) is 6.54 Å². The smallest absolute Gasteiger partial charge is 0.0312 e. The molecule has 1 aliphatic rings. The number of nitrogens with zero attached hydrogens (tertiary/aromatic N) is 1. The first-order chi connectivity index (χ1) is 8.16. The maximum absolute atomic E-state index is 4.13. The molecule has 1 fully saturated rings. The summed E-state index contributed by atoms with van der Waals surface area (Å²) in [7, 11) is 0. The van der Waals surface area contributed by atoms with Gasteiger partial charge in [0.25, 0.3) is 0 Å². The van der Waals surface area contributed by atoms with E-state index in [1.165, 1.54) is 31.2 Å².